The minimum Gasteiger partial charge on any atom is -0.480 e. The molecular formula is C14H17N3O2. The number of nitrogens with two attached hydrogens (primary N) is 1. The van der Waals surface area contributed by atoms with Gasteiger partial charge in [-0.05, 0) is 12.5 Å². The number of nitrogens with zero attached hydrogens (tertiary/aromatic N) is 2. The van der Waals surface area contributed by atoms with E-state index < -0.39 is 0 Å². The Bertz CT molecular complexity index is 622. The van der Waals surface area contributed by atoms with Crippen molar-refractivity contribution in [2.24, 2.45) is 5.73 Å². The van der Waals surface area contributed by atoms with Gasteiger partial charge in [-0.15, -0.1) is 5.10 Å². The summed E-state index contributed by atoms with van der Waals surface area (Å²) < 4.78 is 6.33. The van der Waals surface area contributed by atoms with Gasteiger partial charge in [0.2, 0.25) is 5.88 Å². The van der Waals surface area contributed by atoms with Crippen LogP contribution in [-0.2, 0) is 6.54 Å². The second kappa shape index (κ2) is 5.67. The van der Waals surface area contributed by atoms with Gasteiger partial charge in [0.05, 0.1) is 13.7 Å². The van der Waals surface area contributed by atoms with Crippen LogP contribution in [0.1, 0.15) is 17.2 Å². The van der Waals surface area contributed by atoms with Crippen LogP contribution in [0.2, 0.25) is 0 Å². The first-order valence-electron chi connectivity index (χ1n) is 6.04. The molecule has 100 valence electrons. The van der Waals surface area contributed by atoms with Gasteiger partial charge in [0.15, 0.2) is 0 Å². The molecule has 2 rings (SSSR count). The van der Waals surface area contributed by atoms with Gasteiger partial charge in [0.1, 0.15) is 0 Å². The van der Waals surface area contributed by atoms with Crippen LogP contribution in [0, 0.1) is 6.92 Å². The predicted molar refractivity (Wildman–Crippen MR) is 73.2 cm³/mol. The Morgan fingerprint density at radius 3 is 2.84 bits per heavy atom. The molecule has 0 aliphatic rings. The Morgan fingerprint density at radius 2 is 2.16 bits per heavy atom. The SMILES string of the molecule is COc1ccc(=O)n(CC(N)c2cccc(C)c2)n1. The largest absolute Gasteiger partial charge is 0.480 e. The van der Waals surface area contributed by atoms with E-state index >= 15 is 0 Å². The zero-order valence-corrected chi connectivity index (χ0v) is 11.0. The molecule has 1 aromatic carbocycles. The highest BCUT2D eigenvalue weighted by atomic mass is 16.5. The van der Waals surface area contributed by atoms with Crippen molar-refractivity contribution in [1.82, 2.24) is 9.78 Å². The Morgan fingerprint density at radius 1 is 1.37 bits per heavy atom. The Balaban J connectivity index is 2.23. The molecule has 0 saturated heterocycles. The Hall–Kier alpha value is -2.14. The fourth-order valence-electron chi connectivity index (χ4n) is 1.86. The average Bonchev–Trinajstić information content (AvgIpc) is 2.41. The Kier molecular flexibility index (Phi) is 3.97. The number of benzene rings is 1. The summed E-state index contributed by atoms with van der Waals surface area (Å²) in [5.41, 5.74) is 8.05. The van der Waals surface area contributed by atoms with Gasteiger partial charge in [-0.3, -0.25) is 4.79 Å². The van der Waals surface area contributed by atoms with Crippen LogP contribution in [0.3, 0.4) is 0 Å². The summed E-state index contributed by atoms with van der Waals surface area (Å²) in [4.78, 5) is 11.7. The highest BCUT2D eigenvalue weighted by Gasteiger charge is 2.09. The number of ether oxygens (including phenoxy) is 1. The Labute approximate surface area is 111 Å². The molecule has 0 bridgehead atoms. The van der Waals surface area contributed by atoms with E-state index in [9.17, 15) is 4.79 Å². The maximum Gasteiger partial charge on any atom is 0.267 e. The van der Waals surface area contributed by atoms with Crippen molar-refractivity contribution in [3.63, 3.8) is 0 Å². The monoisotopic (exact) mass is 259 g/mol. The van der Waals surface area contributed by atoms with E-state index in [4.69, 9.17) is 10.5 Å². The molecule has 0 amide bonds. The summed E-state index contributed by atoms with van der Waals surface area (Å²) in [6.07, 6.45) is 0. The molecule has 1 aromatic heterocycles. The molecule has 2 aromatic rings. The van der Waals surface area contributed by atoms with Gasteiger partial charge in [-0.2, -0.15) is 0 Å². The molecule has 0 fully saturated rings. The molecular weight excluding hydrogens is 242 g/mol. The van der Waals surface area contributed by atoms with Crippen LogP contribution in [0.4, 0.5) is 0 Å². The van der Waals surface area contributed by atoms with E-state index in [2.05, 4.69) is 5.10 Å². The molecule has 1 heterocycles. The lowest BCUT2D eigenvalue weighted by Gasteiger charge is -2.14. The molecule has 5 heteroatoms. The second-order valence-corrected chi connectivity index (χ2v) is 4.42. The maximum absolute atomic E-state index is 11.7. The van der Waals surface area contributed by atoms with Crippen molar-refractivity contribution in [3.05, 3.63) is 57.9 Å². The number of hydrogen-bond acceptors (Lipinski definition) is 4. The normalized spacial score (nSPS) is 12.2. The van der Waals surface area contributed by atoms with Crippen LogP contribution in [-0.4, -0.2) is 16.9 Å². The van der Waals surface area contributed by atoms with Gasteiger partial charge in [0, 0.05) is 18.2 Å². The third-order valence-electron chi connectivity index (χ3n) is 2.89. The molecule has 0 spiro atoms. The van der Waals surface area contributed by atoms with Gasteiger partial charge >= 0.3 is 0 Å². The van der Waals surface area contributed by atoms with E-state index in [1.165, 1.54) is 23.9 Å². The van der Waals surface area contributed by atoms with E-state index in [1.807, 2.05) is 31.2 Å². The third-order valence-corrected chi connectivity index (χ3v) is 2.89. The highest BCUT2D eigenvalue weighted by molar-refractivity contribution is 5.24. The van der Waals surface area contributed by atoms with Crippen molar-refractivity contribution < 1.29 is 4.74 Å². The number of aryl methyl sites for hydroxylation is 1. The summed E-state index contributed by atoms with van der Waals surface area (Å²) >= 11 is 0. The highest BCUT2D eigenvalue weighted by Crippen LogP contribution is 2.13. The lowest BCUT2D eigenvalue weighted by Crippen LogP contribution is -2.28. The molecule has 0 radical (unpaired) electrons. The molecule has 5 nitrogen and oxygen atoms in total. The van der Waals surface area contributed by atoms with Gasteiger partial charge in [-0.25, -0.2) is 4.68 Å². The molecule has 0 aliphatic carbocycles. The summed E-state index contributed by atoms with van der Waals surface area (Å²) in [6, 6.07) is 10.6. The van der Waals surface area contributed by atoms with E-state index in [-0.39, 0.29) is 11.6 Å². The quantitative estimate of drug-likeness (QED) is 0.897. The predicted octanol–water partition coefficient (Wildman–Crippen LogP) is 1.26. The van der Waals surface area contributed by atoms with Crippen LogP contribution in [0.25, 0.3) is 0 Å². The first-order chi connectivity index (χ1) is 9.10. The van der Waals surface area contributed by atoms with Crippen LogP contribution in [0.15, 0.2) is 41.2 Å². The van der Waals surface area contributed by atoms with Gasteiger partial charge in [0.25, 0.3) is 5.56 Å². The van der Waals surface area contributed by atoms with Crippen LogP contribution < -0.4 is 16.0 Å². The van der Waals surface area contributed by atoms with Crippen molar-refractivity contribution in [3.8, 4) is 5.88 Å². The minimum absolute atomic E-state index is 0.191. The molecule has 0 aliphatic heterocycles. The number of hydrogen-bond donors (Lipinski definition) is 1. The van der Waals surface area contributed by atoms with E-state index in [0.29, 0.717) is 12.4 Å². The van der Waals surface area contributed by atoms with Gasteiger partial charge < -0.3 is 10.5 Å². The van der Waals surface area contributed by atoms with Crippen molar-refractivity contribution in [2.45, 2.75) is 19.5 Å². The van der Waals surface area contributed by atoms with Crippen molar-refractivity contribution in [2.75, 3.05) is 7.11 Å². The minimum atomic E-state index is -0.280. The summed E-state index contributed by atoms with van der Waals surface area (Å²) in [6.45, 7) is 2.33. The van der Waals surface area contributed by atoms with Crippen molar-refractivity contribution >= 4 is 0 Å². The second-order valence-electron chi connectivity index (χ2n) is 4.42. The van der Waals surface area contributed by atoms with Crippen LogP contribution in [0.5, 0.6) is 5.88 Å². The summed E-state index contributed by atoms with van der Waals surface area (Å²) in [7, 11) is 1.51. The fraction of sp³-hybridized carbons (Fsp3) is 0.286. The molecule has 2 N–H and O–H groups in total. The topological polar surface area (TPSA) is 70.1 Å². The lowest BCUT2D eigenvalue weighted by molar-refractivity contribution is 0.370. The smallest absolute Gasteiger partial charge is 0.267 e. The lowest BCUT2D eigenvalue weighted by atomic mass is 10.1. The van der Waals surface area contributed by atoms with Crippen molar-refractivity contribution in [1.29, 1.82) is 0 Å². The zero-order chi connectivity index (χ0) is 13.8. The third kappa shape index (κ3) is 3.20. The number of rotatable bonds is 4. The fourth-order valence-corrected chi connectivity index (χ4v) is 1.86. The first-order valence-corrected chi connectivity index (χ1v) is 6.04. The maximum atomic E-state index is 11.7. The molecule has 0 saturated carbocycles. The van der Waals surface area contributed by atoms with Gasteiger partial charge in [-0.1, -0.05) is 29.8 Å². The number of methoxy groups -OCH3 is 1. The first kappa shape index (κ1) is 13.3. The number of aromatic nitrogens is 2. The van der Waals surface area contributed by atoms with E-state index in [1.54, 1.807) is 0 Å². The average molecular weight is 259 g/mol. The van der Waals surface area contributed by atoms with E-state index in [0.717, 1.165) is 11.1 Å². The van der Waals surface area contributed by atoms with Crippen LogP contribution >= 0.6 is 0 Å². The molecule has 1 atom stereocenters. The molecule has 19 heavy (non-hydrogen) atoms. The molecule has 1 unspecified atom stereocenters. The summed E-state index contributed by atoms with van der Waals surface area (Å²) in [5.74, 6) is 0.399. The summed E-state index contributed by atoms with van der Waals surface area (Å²) in [5, 5.41) is 4.08. The zero-order valence-electron chi connectivity index (χ0n) is 11.0. The standard InChI is InChI=1S/C14H17N3O2/c1-10-4-3-5-11(8-10)12(15)9-17-14(18)7-6-13(16-17)19-2/h3-8,12H,9,15H2,1-2H3.